The van der Waals surface area contributed by atoms with Crippen LogP contribution in [0.4, 0.5) is 11.4 Å². The van der Waals surface area contributed by atoms with Gasteiger partial charge in [-0.2, -0.15) is 0 Å². The van der Waals surface area contributed by atoms with Gasteiger partial charge in [0.15, 0.2) is 0 Å². The van der Waals surface area contributed by atoms with Gasteiger partial charge in [-0.25, -0.2) is 14.9 Å². The van der Waals surface area contributed by atoms with Crippen molar-refractivity contribution < 1.29 is 9.59 Å². The molecule has 5 aromatic rings. The van der Waals surface area contributed by atoms with E-state index in [9.17, 15) is 9.59 Å². The monoisotopic (exact) mass is 432 g/mol. The van der Waals surface area contributed by atoms with Gasteiger partial charge >= 0.3 is 0 Å². The van der Waals surface area contributed by atoms with E-state index in [4.69, 9.17) is 9.97 Å². The van der Waals surface area contributed by atoms with E-state index >= 15 is 0 Å². The van der Waals surface area contributed by atoms with Crippen LogP contribution in [0.1, 0.15) is 26.3 Å². The van der Waals surface area contributed by atoms with Crippen LogP contribution in [0.5, 0.6) is 0 Å². The molecule has 0 radical (unpaired) electrons. The van der Waals surface area contributed by atoms with Gasteiger partial charge in [0.1, 0.15) is 0 Å². The number of benzene rings is 4. The zero-order valence-corrected chi connectivity index (χ0v) is 18.5. The van der Waals surface area contributed by atoms with Crippen LogP contribution in [0.25, 0.3) is 32.8 Å². The van der Waals surface area contributed by atoms with Gasteiger partial charge in [0.2, 0.25) is 0 Å². The molecule has 6 rings (SSSR count). The lowest BCUT2D eigenvalue weighted by atomic mass is 9.93. The number of nitrogens with zero attached hydrogens (tertiary/aromatic N) is 4. The molecule has 0 saturated carbocycles. The van der Waals surface area contributed by atoms with E-state index in [1.54, 1.807) is 18.2 Å². The number of amides is 2. The molecule has 0 N–H and O–H groups in total. The van der Waals surface area contributed by atoms with Crippen molar-refractivity contribution in [3.8, 4) is 0 Å². The van der Waals surface area contributed by atoms with E-state index in [0.29, 0.717) is 27.7 Å². The molecule has 0 fully saturated rings. The Balaban J connectivity index is 1.56. The Kier molecular flexibility index (Phi) is 4.01. The van der Waals surface area contributed by atoms with E-state index in [2.05, 4.69) is 0 Å². The predicted octanol–water partition coefficient (Wildman–Crippen LogP) is 5.11. The maximum Gasteiger partial charge on any atom is 0.265 e. The Hall–Kier alpha value is -4.32. The second-order valence-electron chi connectivity index (χ2n) is 8.57. The highest BCUT2D eigenvalue weighted by molar-refractivity contribution is 6.36. The Morgan fingerprint density at radius 1 is 0.727 bits per heavy atom. The number of carbonyl (C=O) groups is 2. The summed E-state index contributed by atoms with van der Waals surface area (Å²) in [6.45, 7) is 1.89. The Labute approximate surface area is 190 Å². The van der Waals surface area contributed by atoms with E-state index in [1.165, 1.54) is 4.90 Å². The minimum atomic E-state index is -0.324. The number of hydrogen-bond acceptors (Lipinski definition) is 5. The second-order valence-corrected chi connectivity index (χ2v) is 8.57. The lowest BCUT2D eigenvalue weighted by molar-refractivity contribution is 0.0893. The van der Waals surface area contributed by atoms with Crippen LogP contribution in [0.15, 0.2) is 66.7 Å². The van der Waals surface area contributed by atoms with Gasteiger partial charge in [-0.05, 0) is 60.3 Å². The number of fused-ring (bicyclic) bond motifs is 2. The topological polar surface area (TPSA) is 66.4 Å². The smallest absolute Gasteiger partial charge is 0.265 e. The third-order valence-electron chi connectivity index (χ3n) is 6.26. The summed E-state index contributed by atoms with van der Waals surface area (Å²) in [5, 5.41) is 1.60. The van der Waals surface area contributed by atoms with Crippen LogP contribution in [-0.2, 0) is 0 Å². The Morgan fingerprint density at radius 3 is 2.00 bits per heavy atom. The molecule has 0 atom stereocenters. The summed E-state index contributed by atoms with van der Waals surface area (Å²) < 4.78 is 0. The number of carbonyl (C=O) groups excluding carboxylic acids is 2. The molecule has 33 heavy (non-hydrogen) atoms. The maximum absolute atomic E-state index is 13.5. The van der Waals surface area contributed by atoms with Crippen LogP contribution in [0.2, 0.25) is 0 Å². The van der Waals surface area contributed by atoms with Crippen LogP contribution in [-0.4, -0.2) is 35.9 Å². The van der Waals surface area contributed by atoms with Crippen LogP contribution in [0.3, 0.4) is 0 Å². The van der Waals surface area contributed by atoms with Crippen molar-refractivity contribution in [1.82, 2.24) is 9.97 Å². The fourth-order valence-corrected chi connectivity index (χ4v) is 4.57. The molecular weight excluding hydrogens is 412 g/mol. The van der Waals surface area contributed by atoms with Gasteiger partial charge in [0.25, 0.3) is 11.8 Å². The molecule has 0 aliphatic carbocycles. The third-order valence-corrected chi connectivity index (χ3v) is 6.26. The Morgan fingerprint density at radius 2 is 1.33 bits per heavy atom. The second kappa shape index (κ2) is 6.84. The molecule has 0 spiro atoms. The Bertz CT molecular complexity index is 1600. The van der Waals surface area contributed by atoms with Gasteiger partial charge in [0.05, 0.1) is 27.8 Å². The lowest BCUT2D eigenvalue weighted by Crippen LogP contribution is -2.40. The van der Waals surface area contributed by atoms with Crippen LogP contribution in [0, 0.1) is 6.92 Å². The van der Waals surface area contributed by atoms with Gasteiger partial charge in [-0.3, -0.25) is 9.59 Å². The quantitative estimate of drug-likeness (QED) is 0.286. The highest BCUT2D eigenvalue weighted by atomic mass is 16.2. The summed E-state index contributed by atoms with van der Waals surface area (Å²) in [7, 11) is 3.95. The fraction of sp³-hybridized carbons (Fsp3) is 0.111. The standard InChI is InChI=1S/C27H20N4O2/c1-15-12-21-23(29-22-13-17(30(2)3)10-11-20(22)28-21)14-24(15)31-26(32)18-8-4-6-16-7-5-9-19(25(16)18)27(31)33/h4-14H,1-3H3. The molecule has 1 aliphatic heterocycles. The number of imide groups is 1. The van der Waals surface area contributed by atoms with E-state index < -0.39 is 0 Å². The normalized spacial score (nSPS) is 13.4. The average molecular weight is 432 g/mol. The first-order chi connectivity index (χ1) is 15.9. The van der Waals surface area contributed by atoms with E-state index in [-0.39, 0.29) is 11.8 Å². The maximum atomic E-state index is 13.5. The molecule has 2 amide bonds. The molecular formula is C27H20N4O2. The number of aryl methyl sites for hydroxylation is 1. The summed E-state index contributed by atoms with van der Waals surface area (Å²) >= 11 is 0. The number of aromatic nitrogens is 2. The summed E-state index contributed by atoms with van der Waals surface area (Å²) in [6, 6.07) is 20.7. The number of hydrogen-bond donors (Lipinski definition) is 0. The van der Waals surface area contributed by atoms with E-state index in [0.717, 1.165) is 33.2 Å². The summed E-state index contributed by atoms with van der Waals surface area (Å²) in [5.41, 5.74) is 6.31. The summed E-state index contributed by atoms with van der Waals surface area (Å²) in [5.74, 6) is -0.647. The summed E-state index contributed by atoms with van der Waals surface area (Å²) in [4.78, 5) is 39.8. The van der Waals surface area contributed by atoms with Crippen LogP contribution >= 0.6 is 0 Å². The van der Waals surface area contributed by atoms with E-state index in [1.807, 2.05) is 74.4 Å². The first-order valence-electron chi connectivity index (χ1n) is 10.7. The highest BCUT2D eigenvalue weighted by Crippen LogP contribution is 2.35. The molecule has 6 heteroatoms. The average Bonchev–Trinajstić information content (AvgIpc) is 2.81. The molecule has 6 nitrogen and oxygen atoms in total. The van der Waals surface area contributed by atoms with Crippen molar-refractivity contribution >= 4 is 56.0 Å². The minimum Gasteiger partial charge on any atom is -0.378 e. The van der Waals surface area contributed by atoms with Crippen molar-refractivity contribution in [1.29, 1.82) is 0 Å². The number of rotatable bonds is 2. The lowest BCUT2D eigenvalue weighted by Gasteiger charge is -2.28. The van der Waals surface area contributed by atoms with Gasteiger partial charge in [-0.1, -0.05) is 24.3 Å². The molecule has 1 aromatic heterocycles. The molecule has 0 unspecified atom stereocenters. The minimum absolute atomic E-state index is 0.324. The van der Waals surface area contributed by atoms with Crippen molar-refractivity contribution in [3.05, 3.63) is 83.4 Å². The number of anilines is 2. The first-order valence-corrected chi connectivity index (χ1v) is 10.7. The van der Waals surface area contributed by atoms with Crippen molar-refractivity contribution in [3.63, 3.8) is 0 Å². The van der Waals surface area contributed by atoms with Crippen LogP contribution < -0.4 is 9.80 Å². The van der Waals surface area contributed by atoms with Gasteiger partial charge in [-0.15, -0.1) is 0 Å². The third kappa shape index (κ3) is 2.80. The largest absolute Gasteiger partial charge is 0.378 e. The predicted molar refractivity (Wildman–Crippen MR) is 131 cm³/mol. The molecule has 1 aliphatic rings. The van der Waals surface area contributed by atoms with Crippen molar-refractivity contribution in [2.45, 2.75) is 6.92 Å². The van der Waals surface area contributed by atoms with Gasteiger partial charge < -0.3 is 4.90 Å². The molecule has 0 bridgehead atoms. The first kappa shape index (κ1) is 19.4. The molecule has 160 valence electrons. The van der Waals surface area contributed by atoms with Crippen molar-refractivity contribution in [2.24, 2.45) is 0 Å². The molecule has 2 heterocycles. The molecule has 0 saturated heterocycles. The van der Waals surface area contributed by atoms with Gasteiger partial charge in [0, 0.05) is 36.3 Å². The fourth-order valence-electron chi connectivity index (χ4n) is 4.57. The van der Waals surface area contributed by atoms with Crippen molar-refractivity contribution in [2.75, 3.05) is 23.9 Å². The zero-order valence-electron chi connectivity index (χ0n) is 18.5. The highest BCUT2D eigenvalue weighted by Gasteiger charge is 2.34. The summed E-state index contributed by atoms with van der Waals surface area (Å²) in [6.07, 6.45) is 0. The zero-order chi connectivity index (χ0) is 22.9. The SMILES string of the molecule is Cc1cc2nc3ccc(N(C)C)cc3nc2cc1N1C(=O)c2cccc3cccc(c23)C1=O. The molecule has 4 aromatic carbocycles.